The fraction of sp³-hybridized carbons (Fsp3) is 0.478. The van der Waals surface area contributed by atoms with E-state index in [9.17, 15) is 9.59 Å². The van der Waals surface area contributed by atoms with Gasteiger partial charge in [-0.3, -0.25) is 19.1 Å². The van der Waals surface area contributed by atoms with E-state index in [1.54, 1.807) is 25.5 Å². The van der Waals surface area contributed by atoms with E-state index in [0.29, 0.717) is 35.8 Å². The van der Waals surface area contributed by atoms with Gasteiger partial charge in [0.1, 0.15) is 12.1 Å². The van der Waals surface area contributed by atoms with Gasteiger partial charge >= 0.3 is 0 Å². The standard InChI is InChI=1S/C23H29N5O3/c1-16(29)26-10-7-18(14-20(26)24-4)27-11-12-31-19-13-17(15-25-21(19)27)22(30)28-9-6-5-8-23(28,2)3/h7,10,13-15H,5-6,8-9,11-12H2,1-4H3/b24-20-. The molecule has 2 aromatic rings. The lowest BCUT2D eigenvalue weighted by atomic mass is 9.90. The van der Waals surface area contributed by atoms with Gasteiger partial charge in [0, 0.05) is 50.2 Å². The number of hydrogen-bond acceptors (Lipinski definition) is 6. The Balaban J connectivity index is 1.67. The van der Waals surface area contributed by atoms with Crippen molar-refractivity contribution in [3.8, 4) is 5.75 Å². The first-order valence-corrected chi connectivity index (χ1v) is 10.7. The molecular weight excluding hydrogens is 394 g/mol. The predicted octanol–water partition coefficient (Wildman–Crippen LogP) is 3.01. The summed E-state index contributed by atoms with van der Waals surface area (Å²) >= 11 is 0. The number of rotatable bonds is 2. The van der Waals surface area contributed by atoms with Crippen LogP contribution in [-0.4, -0.2) is 58.5 Å². The van der Waals surface area contributed by atoms with Crippen LogP contribution in [0.1, 0.15) is 55.2 Å². The first-order chi connectivity index (χ1) is 14.8. The van der Waals surface area contributed by atoms with E-state index in [1.165, 1.54) is 11.5 Å². The van der Waals surface area contributed by atoms with Gasteiger partial charge in [0.25, 0.3) is 5.91 Å². The lowest BCUT2D eigenvalue weighted by Gasteiger charge is -2.42. The minimum Gasteiger partial charge on any atom is -0.488 e. The minimum absolute atomic E-state index is 0.00463. The summed E-state index contributed by atoms with van der Waals surface area (Å²) in [6.07, 6.45) is 6.52. The van der Waals surface area contributed by atoms with Gasteiger partial charge in [-0.25, -0.2) is 4.98 Å². The topological polar surface area (TPSA) is 80.0 Å². The fourth-order valence-corrected chi connectivity index (χ4v) is 4.35. The lowest BCUT2D eigenvalue weighted by Crippen LogP contribution is -2.50. The van der Waals surface area contributed by atoms with Gasteiger partial charge in [-0.15, -0.1) is 0 Å². The average molecular weight is 424 g/mol. The smallest absolute Gasteiger partial charge is 0.256 e. The number of ether oxygens (including phenoxy) is 1. The van der Waals surface area contributed by atoms with Crippen molar-refractivity contribution in [2.75, 3.05) is 31.6 Å². The zero-order chi connectivity index (χ0) is 22.2. The van der Waals surface area contributed by atoms with Crippen LogP contribution in [0, 0.1) is 0 Å². The highest BCUT2D eigenvalue weighted by atomic mass is 16.5. The molecule has 0 saturated carbocycles. The largest absolute Gasteiger partial charge is 0.488 e. The molecule has 0 N–H and O–H groups in total. The molecule has 2 aromatic heterocycles. The van der Waals surface area contributed by atoms with Crippen molar-refractivity contribution in [1.82, 2.24) is 14.5 Å². The maximum atomic E-state index is 13.2. The Hall–Kier alpha value is -3.16. The molecule has 2 aliphatic heterocycles. The maximum Gasteiger partial charge on any atom is 0.256 e. The third kappa shape index (κ3) is 3.94. The molecule has 4 heterocycles. The summed E-state index contributed by atoms with van der Waals surface area (Å²) < 4.78 is 7.37. The Labute approximate surface area is 182 Å². The van der Waals surface area contributed by atoms with Crippen LogP contribution in [0.3, 0.4) is 0 Å². The molecule has 164 valence electrons. The van der Waals surface area contributed by atoms with Crippen LogP contribution in [0.4, 0.5) is 11.5 Å². The predicted molar refractivity (Wildman–Crippen MR) is 118 cm³/mol. The normalized spacial score (nSPS) is 18.4. The van der Waals surface area contributed by atoms with Crippen LogP contribution < -0.4 is 15.1 Å². The second-order valence-corrected chi connectivity index (χ2v) is 8.63. The second kappa shape index (κ2) is 8.17. The number of anilines is 2. The molecule has 0 radical (unpaired) electrons. The maximum absolute atomic E-state index is 13.2. The lowest BCUT2D eigenvalue weighted by molar-refractivity contribution is 0.0432. The molecule has 0 aliphatic carbocycles. The molecule has 4 rings (SSSR count). The second-order valence-electron chi connectivity index (χ2n) is 8.63. The molecule has 1 saturated heterocycles. The molecule has 0 unspecified atom stereocenters. The van der Waals surface area contributed by atoms with Gasteiger partial charge in [0.05, 0.1) is 12.1 Å². The average Bonchev–Trinajstić information content (AvgIpc) is 2.77. The molecule has 8 heteroatoms. The minimum atomic E-state index is -0.158. The van der Waals surface area contributed by atoms with Crippen LogP contribution >= 0.6 is 0 Å². The van der Waals surface area contributed by atoms with Crippen LogP contribution in [0.2, 0.25) is 0 Å². The summed E-state index contributed by atoms with van der Waals surface area (Å²) in [5.41, 5.74) is 1.82. The summed E-state index contributed by atoms with van der Waals surface area (Å²) in [6, 6.07) is 5.51. The fourth-order valence-electron chi connectivity index (χ4n) is 4.35. The van der Waals surface area contributed by atoms with E-state index in [-0.39, 0.29) is 17.4 Å². The quantitative estimate of drug-likeness (QED) is 0.742. The highest BCUT2D eigenvalue weighted by molar-refractivity contribution is 5.95. The van der Waals surface area contributed by atoms with Crippen molar-refractivity contribution >= 4 is 23.3 Å². The van der Waals surface area contributed by atoms with Crippen LogP contribution in [0.5, 0.6) is 5.75 Å². The Bertz CT molecular complexity index is 1090. The van der Waals surface area contributed by atoms with E-state index < -0.39 is 0 Å². The number of fused-ring (bicyclic) bond motifs is 1. The first kappa shape index (κ1) is 21.1. The molecule has 1 fully saturated rings. The Kier molecular flexibility index (Phi) is 5.56. The van der Waals surface area contributed by atoms with Gasteiger partial charge in [-0.2, -0.15) is 0 Å². The van der Waals surface area contributed by atoms with Crippen LogP contribution in [-0.2, 0) is 0 Å². The highest BCUT2D eigenvalue weighted by Gasteiger charge is 2.34. The molecule has 2 aliphatic rings. The molecule has 0 bridgehead atoms. The number of carbonyl (C=O) groups is 2. The van der Waals surface area contributed by atoms with Crippen molar-refractivity contribution in [1.29, 1.82) is 0 Å². The molecule has 0 spiro atoms. The summed E-state index contributed by atoms with van der Waals surface area (Å²) in [5.74, 6) is 1.14. The number of pyridine rings is 2. The van der Waals surface area contributed by atoms with E-state index in [1.807, 2.05) is 21.9 Å². The summed E-state index contributed by atoms with van der Waals surface area (Å²) in [6.45, 7) is 7.59. The molecule has 0 atom stereocenters. The number of carbonyl (C=O) groups excluding carboxylic acids is 2. The zero-order valence-corrected chi connectivity index (χ0v) is 18.6. The molecule has 31 heavy (non-hydrogen) atoms. The number of amides is 1. The van der Waals surface area contributed by atoms with E-state index in [4.69, 9.17) is 4.74 Å². The number of nitrogens with zero attached hydrogens (tertiary/aromatic N) is 5. The van der Waals surface area contributed by atoms with Crippen molar-refractivity contribution in [3.63, 3.8) is 0 Å². The van der Waals surface area contributed by atoms with E-state index in [0.717, 1.165) is 31.5 Å². The summed E-state index contributed by atoms with van der Waals surface area (Å²) in [5, 5.41) is 0. The Morgan fingerprint density at radius 1 is 1.19 bits per heavy atom. The third-order valence-corrected chi connectivity index (χ3v) is 6.10. The molecular formula is C23H29N5O3. The highest BCUT2D eigenvalue weighted by Crippen LogP contribution is 2.36. The number of aromatic nitrogens is 2. The zero-order valence-electron chi connectivity index (χ0n) is 18.6. The SMILES string of the molecule is C/N=c1/cc(N2CCOc3cc(C(=O)N4CCCCC4(C)C)cnc32)ccn1C(C)=O. The van der Waals surface area contributed by atoms with Gasteiger partial charge in [0.2, 0.25) is 5.91 Å². The van der Waals surface area contributed by atoms with Crippen LogP contribution in [0.25, 0.3) is 0 Å². The van der Waals surface area contributed by atoms with Gasteiger partial charge in [-0.05, 0) is 45.2 Å². The first-order valence-electron chi connectivity index (χ1n) is 10.7. The van der Waals surface area contributed by atoms with Crippen molar-refractivity contribution in [2.45, 2.75) is 45.6 Å². The van der Waals surface area contributed by atoms with Crippen molar-refractivity contribution in [2.24, 2.45) is 4.99 Å². The van der Waals surface area contributed by atoms with Crippen molar-refractivity contribution in [3.05, 3.63) is 41.6 Å². The van der Waals surface area contributed by atoms with E-state index in [2.05, 4.69) is 23.8 Å². The van der Waals surface area contributed by atoms with Crippen LogP contribution in [0.15, 0.2) is 35.6 Å². The Morgan fingerprint density at radius 3 is 2.71 bits per heavy atom. The molecule has 8 nitrogen and oxygen atoms in total. The third-order valence-electron chi connectivity index (χ3n) is 6.10. The van der Waals surface area contributed by atoms with Gasteiger partial charge in [-0.1, -0.05) is 0 Å². The number of piperidine rings is 1. The number of likely N-dealkylation sites (tertiary alicyclic amines) is 1. The Morgan fingerprint density at radius 2 is 2.00 bits per heavy atom. The summed E-state index contributed by atoms with van der Waals surface area (Å²) in [7, 11) is 1.66. The monoisotopic (exact) mass is 423 g/mol. The summed E-state index contributed by atoms with van der Waals surface area (Å²) in [4.78, 5) is 37.8. The number of hydrogen-bond donors (Lipinski definition) is 0. The van der Waals surface area contributed by atoms with E-state index >= 15 is 0 Å². The van der Waals surface area contributed by atoms with Crippen molar-refractivity contribution < 1.29 is 14.3 Å². The molecule has 1 amide bonds. The van der Waals surface area contributed by atoms with Gasteiger partial charge in [0.15, 0.2) is 11.6 Å². The van der Waals surface area contributed by atoms with Gasteiger partial charge < -0.3 is 14.5 Å². The molecule has 0 aromatic carbocycles.